The van der Waals surface area contributed by atoms with Crippen LogP contribution in [-0.2, 0) is 4.65 Å². The molecule has 2 aromatic rings. The molecule has 1 fully saturated rings. The summed E-state index contributed by atoms with van der Waals surface area (Å²) in [5, 5.41) is 0.755. The van der Waals surface area contributed by atoms with Crippen LogP contribution in [0.3, 0.4) is 0 Å². The van der Waals surface area contributed by atoms with Gasteiger partial charge in [-0.2, -0.15) is 0 Å². The molecule has 1 aliphatic heterocycles. The summed E-state index contributed by atoms with van der Waals surface area (Å²) in [7, 11) is -0.0270. The molecule has 124 valence electrons. The Morgan fingerprint density at radius 2 is 1.75 bits per heavy atom. The van der Waals surface area contributed by atoms with Gasteiger partial charge >= 0.3 is 7.05 Å². The Kier molecular flexibility index (Phi) is 5.45. The third-order valence-corrected chi connectivity index (χ3v) is 4.79. The van der Waals surface area contributed by atoms with Crippen molar-refractivity contribution in [2.45, 2.75) is 39.0 Å². The topological polar surface area (TPSA) is 12.5 Å². The van der Waals surface area contributed by atoms with Crippen LogP contribution in [0.1, 0.15) is 38.0 Å². The Balaban J connectivity index is 1.82. The lowest BCUT2D eigenvalue weighted by Gasteiger charge is -2.28. The summed E-state index contributed by atoms with van der Waals surface area (Å²) in [6, 6.07) is 19.1. The van der Waals surface area contributed by atoms with Crippen molar-refractivity contribution in [3.8, 4) is 0 Å². The minimum absolute atomic E-state index is 0.0270. The number of rotatable bonds is 4. The third-order valence-electron chi connectivity index (χ3n) is 4.54. The van der Waals surface area contributed by atoms with Crippen molar-refractivity contribution >= 4 is 24.7 Å². The first-order valence-electron chi connectivity index (χ1n) is 8.48. The van der Waals surface area contributed by atoms with Gasteiger partial charge in [0.05, 0.1) is 6.10 Å². The predicted molar refractivity (Wildman–Crippen MR) is 103 cm³/mol. The second-order valence-corrected chi connectivity index (χ2v) is 6.99. The Bertz CT molecular complexity index is 687. The monoisotopic (exact) mass is 339 g/mol. The second kappa shape index (κ2) is 7.56. The fourth-order valence-corrected chi connectivity index (χ4v) is 3.52. The van der Waals surface area contributed by atoms with Gasteiger partial charge < -0.3 is 9.47 Å². The van der Waals surface area contributed by atoms with E-state index in [0.29, 0.717) is 12.1 Å². The molecule has 1 heterocycles. The van der Waals surface area contributed by atoms with Crippen molar-refractivity contribution in [1.82, 2.24) is 4.81 Å². The fraction of sp³-hybridized carbons (Fsp3) is 0.300. The highest BCUT2D eigenvalue weighted by molar-refractivity contribution is 6.56. The van der Waals surface area contributed by atoms with E-state index in [1.807, 2.05) is 30.3 Å². The van der Waals surface area contributed by atoms with Crippen LogP contribution in [0.2, 0.25) is 5.02 Å². The van der Waals surface area contributed by atoms with E-state index >= 15 is 0 Å². The zero-order chi connectivity index (χ0) is 17.1. The van der Waals surface area contributed by atoms with Crippen LogP contribution >= 0.6 is 11.6 Å². The summed E-state index contributed by atoms with van der Waals surface area (Å²) >= 11 is 5.95. The zero-order valence-electron chi connectivity index (χ0n) is 14.4. The van der Waals surface area contributed by atoms with E-state index in [2.05, 4.69) is 61.9 Å². The maximum atomic E-state index is 6.39. The van der Waals surface area contributed by atoms with E-state index < -0.39 is 0 Å². The average Bonchev–Trinajstić information content (AvgIpc) is 2.92. The molecule has 0 bridgehead atoms. The van der Waals surface area contributed by atoms with Gasteiger partial charge in [-0.1, -0.05) is 80.0 Å². The fourth-order valence-electron chi connectivity index (χ4n) is 3.40. The van der Waals surface area contributed by atoms with Crippen LogP contribution in [0.5, 0.6) is 0 Å². The van der Waals surface area contributed by atoms with Crippen molar-refractivity contribution in [3.63, 3.8) is 0 Å². The maximum absolute atomic E-state index is 6.39. The summed E-state index contributed by atoms with van der Waals surface area (Å²) in [4.78, 5) is 2.42. The largest absolute Gasteiger partial charge is 0.412 e. The van der Waals surface area contributed by atoms with E-state index in [9.17, 15) is 0 Å². The molecule has 0 spiro atoms. The molecule has 0 unspecified atom stereocenters. The smallest absolute Gasteiger partial charge is 0.409 e. The molecule has 0 aliphatic carbocycles. The average molecular weight is 340 g/mol. The van der Waals surface area contributed by atoms with Gasteiger partial charge in [0.2, 0.25) is 0 Å². The molecule has 0 N–H and O–H groups in total. The number of halogens is 1. The van der Waals surface area contributed by atoms with E-state index in [1.165, 1.54) is 5.56 Å². The van der Waals surface area contributed by atoms with Gasteiger partial charge in [0.15, 0.2) is 0 Å². The molecule has 1 aliphatic rings. The van der Waals surface area contributed by atoms with Gasteiger partial charge in [-0.3, -0.25) is 0 Å². The Morgan fingerprint density at radius 3 is 2.38 bits per heavy atom. The molecule has 0 aromatic heterocycles. The quantitative estimate of drug-likeness (QED) is 0.705. The summed E-state index contributed by atoms with van der Waals surface area (Å²) < 4.78 is 6.39. The SMILES string of the molecule is CC(C)N1B(/C=C/c2ccc(Cl)cc2)O[C@H](c2ccccc2)[C@H]1C. The molecule has 0 amide bonds. The first-order valence-corrected chi connectivity index (χ1v) is 8.85. The van der Waals surface area contributed by atoms with Gasteiger partial charge in [0.25, 0.3) is 0 Å². The van der Waals surface area contributed by atoms with E-state index in [4.69, 9.17) is 16.3 Å². The first-order chi connectivity index (χ1) is 11.6. The van der Waals surface area contributed by atoms with Crippen LogP contribution in [0.15, 0.2) is 60.6 Å². The van der Waals surface area contributed by atoms with Crippen LogP contribution < -0.4 is 0 Å². The molecular weight excluding hydrogens is 316 g/mol. The van der Waals surface area contributed by atoms with Crippen molar-refractivity contribution in [3.05, 3.63) is 76.7 Å². The highest BCUT2D eigenvalue weighted by Crippen LogP contribution is 2.35. The van der Waals surface area contributed by atoms with Gasteiger partial charge in [0.1, 0.15) is 0 Å². The minimum atomic E-state index is -0.0270. The number of hydrogen-bond donors (Lipinski definition) is 0. The molecule has 4 heteroatoms. The lowest BCUT2D eigenvalue weighted by molar-refractivity contribution is 0.197. The van der Waals surface area contributed by atoms with Gasteiger partial charge in [0, 0.05) is 11.1 Å². The molecule has 0 saturated carbocycles. The molecule has 1 saturated heterocycles. The van der Waals surface area contributed by atoms with Gasteiger partial charge in [-0.25, -0.2) is 0 Å². The Hall–Kier alpha value is -1.55. The standard InChI is InChI=1S/C20H23BClNO/c1-15(2)23-16(3)20(18-7-5-4-6-8-18)24-21(23)14-13-17-9-11-19(22)12-10-17/h4-16,20H,1-3H3/b14-13+/t16-,20+/m1/s1. The maximum Gasteiger partial charge on any atom is 0.412 e. The molecule has 2 nitrogen and oxygen atoms in total. The lowest BCUT2D eigenvalue weighted by atomic mass is 9.78. The van der Waals surface area contributed by atoms with Crippen LogP contribution in [0.4, 0.5) is 0 Å². The van der Waals surface area contributed by atoms with Crippen molar-refractivity contribution in [2.24, 2.45) is 0 Å². The van der Waals surface area contributed by atoms with Crippen molar-refractivity contribution < 1.29 is 4.65 Å². The van der Waals surface area contributed by atoms with E-state index in [1.54, 1.807) is 0 Å². The molecule has 2 atom stereocenters. The summed E-state index contributed by atoms with van der Waals surface area (Å²) in [5.74, 6) is 2.14. The molecule has 0 radical (unpaired) electrons. The second-order valence-electron chi connectivity index (χ2n) is 6.55. The lowest BCUT2D eigenvalue weighted by Crippen LogP contribution is -2.43. The van der Waals surface area contributed by atoms with E-state index in [-0.39, 0.29) is 13.2 Å². The Morgan fingerprint density at radius 1 is 1.08 bits per heavy atom. The van der Waals surface area contributed by atoms with Crippen LogP contribution in [-0.4, -0.2) is 23.9 Å². The van der Waals surface area contributed by atoms with Crippen molar-refractivity contribution in [1.29, 1.82) is 0 Å². The highest BCUT2D eigenvalue weighted by atomic mass is 35.5. The summed E-state index contributed by atoms with van der Waals surface area (Å²) in [6.45, 7) is 6.68. The summed E-state index contributed by atoms with van der Waals surface area (Å²) in [5.41, 5.74) is 2.36. The number of benzene rings is 2. The minimum Gasteiger partial charge on any atom is -0.409 e. The molecule has 2 aromatic carbocycles. The number of hydrogen-bond acceptors (Lipinski definition) is 2. The normalized spacial score (nSPS) is 22.0. The summed E-state index contributed by atoms with van der Waals surface area (Å²) in [6.07, 6.45) is 2.20. The molecule has 24 heavy (non-hydrogen) atoms. The van der Waals surface area contributed by atoms with Crippen LogP contribution in [0.25, 0.3) is 6.08 Å². The van der Waals surface area contributed by atoms with Crippen LogP contribution in [0, 0.1) is 0 Å². The van der Waals surface area contributed by atoms with Gasteiger partial charge in [-0.15, -0.1) is 0 Å². The Labute approximate surface area is 150 Å². The predicted octanol–water partition coefficient (Wildman–Crippen LogP) is 5.25. The van der Waals surface area contributed by atoms with E-state index in [0.717, 1.165) is 10.6 Å². The van der Waals surface area contributed by atoms with Crippen molar-refractivity contribution in [2.75, 3.05) is 0 Å². The van der Waals surface area contributed by atoms with Gasteiger partial charge in [-0.05, 0) is 36.2 Å². The molecule has 3 rings (SSSR count). The highest BCUT2D eigenvalue weighted by Gasteiger charge is 2.43. The number of nitrogens with zero attached hydrogens (tertiary/aromatic N) is 1. The zero-order valence-corrected chi connectivity index (χ0v) is 15.1. The molecular formula is C20H23BClNO. The first kappa shape index (κ1) is 17.3. The third kappa shape index (κ3) is 3.75.